The fourth-order valence-electron chi connectivity index (χ4n) is 3.10. The van der Waals surface area contributed by atoms with E-state index >= 15 is 0 Å². The van der Waals surface area contributed by atoms with Crippen LogP contribution in [0, 0.1) is 0 Å². The van der Waals surface area contributed by atoms with Crippen LogP contribution < -0.4 is 10.6 Å². The Hall–Kier alpha value is -1.03. The monoisotopic (exact) mass is 354 g/mol. The van der Waals surface area contributed by atoms with Gasteiger partial charge in [0.15, 0.2) is 0 Å². The molecule has 0 spiro atoms. The van der Waals surface area contributed by atoms with Gasteiger partial charge in [0.2, 0.25) is 5.91 Å². The molecule has 0 aromatic heterocycles. The molecule has 1 aliphatic heterocycles. The first-order chi connectivity index (χ1) is 11.0. The Morgan fingerprint density at radius 2 is 2.00 bits per heavy atom. The van der Waals surface area contributed by atoms with Gasteiger partial charge in [-0.3, -0.25) is 4.79 Å². The van der Waals surface area contributed by atoms with Gasteiger partial charge in [0.05, 0.1) is 15.5 Å². The molecule has 5 heteroatoms. The highest BCUT2D eigenvalue weighted by atomic mass is 35.5. The predicted molar refractivity (Wildman–Crippen MR) is 97.3 cm³/mol. The summed E-state index contributed by atoms with van der Waals surface area (Å²) < 4.78 is 0. The highest BCUT2D eigenvalue weighted by Gasteiger charge is 2.37. The Bertz CT molecular complexity index is 595. The molecule has 1 amide bonds. The molecule has 2 N–H and O–H groups in total. The zero-order valence-electron chi connectivity index (χ0n) is 13.7. The quantitative estimate of drug-likeness (QED) is 0.755. The van der Waals surface area contributed by atoms with Crippen molar-refractivity contribution in [1.29, 1.82) is 0 Å². The average molecular weight is 355 g/mol. The lowest BCUT2D eigenvalue weighted by Gasteiger charge is -2.31. The summed E-state index contributed by atoms with van der Waals surface area (Å²) in [6.45, 7) is 6.54. The number of benzene rings is 1. The number of hydrogen-bond acceptors (Lipinski definition) is 2. The molecule has 2 rings (SSSR count). The number of hydrogen-bond donors (Lipinski definition) is 2. The fourth-order valence-corrected chi connectivity index (χ4v) is 3.40. The zero-order chi connectivity index (χ0) is 16.9. The van der Waals surface area contributed by atoms with E-state index in [1.807, 2.05) is 26.0 Å². The van der Waals surface area contributed by atoms with Gasteiger partial charge in [-0.25, -0.2) is 0 Å². The lowest BCUT2D eigenvalue weighted by atomic mass is 9.75. The third-order valence-electron chi connectivity index (χ3n) is 4.75. The second-order valence-electron chi connectivity index (χ2n) is 5.92. The van der Waals surface area contributed by atoms with Gasteiger partial charge in [-0.15, -0.1) is 0 Å². The molecule has 0 fully saturated rings. The van der Waals surface area contributed by atoms with Gasteiger partial charge in [0, 0.05) is 13.1 Å². The first-order valence-corrected chi connectivity index (χ1v) is 8.91. The standard InChI is InChI=1S/C18H24Cl2N2O/c1-3-18(4-2,14-5-6-15(19)16(20)11-14)17(23)22-12-13-7-9-21-10-8-13/h5-7,11,21H,3-4,8-10,12H2,1-2H3,(H,22,23). The fraction of sp³-hybridized carbons (Fsp3) is 0.500. The largest absolute Gasteiger partial charge is 0.352 e. The van der Waals surface area contributed by atoms with Crippen molar-refractivity contribution in [3.63, 3.8) is 0 Å². The smallest absolute Gasteiger partial charge is 0.230 e. The van der Waals surface area contributed by atoms with E-state index < -0.39 is 5.41 Å². The van der Waals surface area contributed by atoms with Crippen LogP contribution in [-0.2, 0) is 10.2 Å². The Morgan fingerprint density at radius 1 is 1.26 bits per heavy atom. The van der Waals surface area contributed by atoms with Crippen molar-refractivity contribution in [3.05, 3.63) is 45.5 Å². The van der Waals surface area contributed by atoms with Crippen LogP contribution in [0.1, 0.15) is 38.7 Å². The molecule has 0 saturated heterocycles. The maximum Gasteiger partial charge on any atom is 0.230 e. The summed E-state index contributed by atoms with van der Waals surface area (Å²) in [5, 5.41) is 7.39. The van der Waals surface area contributed by atoms with Crippen molar-refractivity contribution in [2.75, 3.05) is 19.6 Å². The Kier molecular flexibility index (Phi) is 6.51. The molecule has 1 heterocycles. The predicted octanol–water partition coefficient (Wildman–Crippen LogP) is 4.09. The van der Waals surface area contributed by atoms with Crippen LogP contribution in [0.5, 0.6) is 0 Å². The van der Waals surface area contributed by atoms with Crippen LogP contribution in [0.4, 0.5) is 0 Å². The summed E-state index contributed by atoms with van der Waals surface area (Å²) in [6, 6.07) is 5.49. The van der Waals surface area contributed by atoms with E-state index in [1.165, 1.54) is 5.57 Å². The Morgan fingerprint density at radius 3 is 2.57 bits per heavy atom. The SMILES string of the molecule is CCC(CC)(C(=O)NCC1=CCNCC1)c1ccc(Cl)c(Cl)c1. The Balaban J connectivity index is 2.19. The van der Waals surface area contributed by atoms with Gasteiger partial charge < -0.3 is 10.6 Å². The Labute approximate surface area is 148 Å². The van der Waals surface area contributed by atoms with Crippen molar-refractivity contribution in [2.24, 2.45) is 0 Å². The second kappa shape index (κ2) is 8.18. The summed E-state index contributed by atoms with van der Waals surface area (Å²) in [6.07, 6.45) is 4.57. The van der Waals surface area contributed by atoms with Gasteiger partial charge in [-0.2, -0.15) is 0 Å². The second-order valence-corrected chi connectivity index (χ2v) is 6.73. The van der Waals surface area contributed by atoms with Crippen LogP contribution in [0.3, 0.4) is 0 Å². The van der Waals surface area contributed by atoms with Crippen molar-refractivity contribution in [2.45, 2.75) is 38.5 Å². The van der Waals surface area contributed by atoms with Gasteiger partial charge in [0.25, 0.3) is 0 Å². The molecule has 3 nitrogen and oxygen atoms in total. The topological polar surface area (TPSA) is 41.1 Å². The van der Waals surface area contributed by atoms with Crippen LogP contribution in [-0.4, -0.2) is 25.5 Å². The summed E-state index contributed by atoms with van der Waals surface area (Å²) >= 11 is 12.2. The van der Waals surface area contributed by atoms with Crippen LogP contribution in [0.15, 0.2) is 29.8 Å². The minimum Gasteiger partial charge on any atom is -0.352 e. The van der Waals surface area contributed by atoms with E-state index in [4.69, 9.17) is 23.2 Å². The molecule has 1 aromatic carbocycles. The first kappa shape index (κ1) is 18.3. The molecule has 23 heavy (non-hydrogen) atoms. The molecule has 1 aliphatic rings. The number of rotatable bonds is 6. The minimum atomic E-state index is -0.568. The molecule has 126 valence electrons. The van der Waals surface area contributed by atoms with Crippen molar-refractivity contribution in [3.8, 4) is 0 Å². The molecule has 0 bridgehead atoms. The van der Waals surface area contributed by atoms with Gasteiger partial charge in [-0.05, 0) is 43.5 Å². The number of carbonyl (C=O) groups is 1. The summed E-state index contributed by atoms with van der Waals surface area (Å²) in [7, 11) is 0. The highest BCUT2D eigenvalue weighted by molar-refractivity contribution is 6.42. The van der Waals surface area contributed by atoms with E-state index in [2.05, 4.69) is 16.7 Å². The van der Waals surface area contributed by atoms with Crippen molar-refractivity contribution >= 4 is 29.1 Å². The summed E-state index contributed by atoms with van der Waals surface area (Å²) in [5.41, 5.74) is 1.64. The van der Waals surface area contributed by atoms with Crippen LogP contribution >= 0.6 is 23.2 Å². The number of halogens is 2. The van der Waals surface area contributed by atoms with E-state index in [1.54, 1.807) is 6.07 Å². The summed E-state index contributed by atoms with van der Waals surface area (Å²) in [5.74, 6) is 0.0559. The number of nitrogens with one attached hydrogen (secondary N) is 2. The van der Waals surface area contributed by atoms with Gasteiger partial charge >= 0.3 is 0 Å². The third kappa shape index (κ3) is 4.09. The van der Waals surface area contributed by atoms with E-state index in [0.29, 0.717) is 29.4 Å². The molecular weight excluding hydrogens is 331 g/mol. The lowest BCUT2D eigenvalue weighted by Crippen LogP contribution is -2.44. The lowest BCUT2D eigenvalue weighted by molar-refractivity contribution is -0.127. The molecule has 0 saturated carbocycles. The number of carbonyl (C=O) groups excluding carboxylic acids is 1. The van der Waals surface area contributed by atoms with Gasteiger partial charge in [-0.1, -0.05) is 54.8 Å². The van der Waals surface area contributed by atoms with E-state index in [0.717, 1.165) is 25.1 Å². The van der Waals surface area contributed by atoms with Crippen LogP contribution in [0.25, 0.3) is 0 Å². The molecular formula is C18H24Cl2N2O. The third-order valence-corrected chi connectivity index (χ3v) is 5.49. The van der Waals surface area contributed by atoms with Crippen LogP contribution in [0.2, 0.25) is 10.0 Å². The highest BCUT2D eigenvalue weighted by Crippen LogP contribution is 2.35. The minimum absolute atomic E-state index is 0.0559. The number of amides is 1. The molecule has 0 radical (unpaired) electrons. The summed E-state index contributed by atoms with van der Waals surface area (Å²) in [4.78, 5) is 12.9. The van der Waals surface area contributed by atoms with Crippen molar-refractivity contribution < 1.29 is 4.79 Å². The van der Waals surface area contributed by atoms with Crippen molar-refractivity contribution in [1.82, 2.24) is 10.6 Å². The molecule has 0 aliphatic carbocycles. The normalized spacial score (nSPS) is 15.2. The molecule has 0 atom stereocenters. The zero-order valence-corrected chi connectivity index (χ0v) is 15.2. The van der Waals surface area contributed by atoms with Gasteiger partial charge in [0.1, 0.15) is 0 Å². The first-order valence-electron chi connectivity index (χ1n) is 8.16. The maximum atomic E-state index is 12.9. The van der Waals surface area contributed by atoms with E-state index in [9.17, 15) is 4.79 Å². The van der Waals surface area contributed by atoms with E-state index in [-0.39, 0.29) is 5.91 Å². The molecule has 0 unspecified atom stereocenters. The average Bonchev–Trinajstić information content (AvgIpc) is 2.58. The molecule has 1 aromatic rings. The maximum absolute atomic E-state index is 12.9.